The van der Waals surface area contributed by atoms with Crippen LogP contribution in [0.5, 0.6) is 0 Å². The van der Waals surface area contributed by atoms with Gasteiger partial charge in [-0.2, -0.15) is 13.2 Å². The van der Waals surface area contributed by atoms with Crippen molar-refractivity contribution in [2.75, 3.05) is 0 Å². The van der Waals surface area contributed by atoms with Crippen LogP contribution in [0.4, 0.5) is 13.2 Å². The minimum absolute atomic E-state index is 0.741. The minimum Gasteiger partial charge on any atom is -0.363 e. The zero-order valence-corrected chi connectivity index (χ0v) is 7.12. The average molecular weight is 170 g/mol. The van der Waals surface area contributed by atoms with Crippen molar-refractivity contribution in [2.24, 2.45) is 0 Å². The van der Waals surface area contributed by atoms with Crippen LogP contribution in [0.3, 0.4) is 0 Å². The van der Waals surface area contributed by atoms with Gasteiger partial charge in [-0.1, -0.05) is 0 Å². The first-order valence-electron chi connectivity index (χ1n) is 3.37. The van der Waals surface area contributed by atoms with E-state index in [0.717, 1.165) is 6.92 Å². The molecular weight excluding hydrogens is 157 g/mol. The van der Waals surface area contributed by atoms with E-state index >= 15 is 0 Å². The molecule has 68 valence electrons. The van der Waals surface area contributed by atoms with Crippen LogP contribution >= 0.6 is 0 Å². The van der Waals surface area contributed by atoms with Crippen LogP contribution < -0.4 is 0 Å². The first-order valence-corrected chi connectivity index (χ1v) is 3.37. The molecule has 0 spiro atoms. The van der Waals surface area contributed by atoms with Crippen LogP contribution in [0.15, 0.2) is 0 Å². The Morgan fingerprint density at radius 3 is 1.55 bits per heavy atom. The summed E-state index contributed by atoms with van der Waals surface area (Å²) in [6, 6.07) is 0. The number of ether oxygens (including phenoxy) is 1. The molecule has 0 unspecified atom stereocenters. The van der Waals surface area contributed by atoms with Crippen LogP contribution in [0.1, 0.15) is 27.7 Å². The molecule has 0 aromatic rings. The SMILES string of the molecule is C[C@H](OC(C)(C)C)C(F)(F)F. The fourth-order valence-corrected chi connectivity index (χ4v) is 0.597. The largest absolute Gasteiger partial charge is 0.414 e. The fraction of sp³-hybridized carbons (Fsp3) is 1.00. The Balaban J connectivity index is 3.99. The van der Waals surface area contributed by atoms with Gasteiger partial charge >= 0.3 is 6.18 Å². The summed E-state index contributed by atoms with van der Waals surface area (Å²) in [6.45, 7) is 5.78. The van der Waals surface area contributed by atoms with E-state index in [1.54, 1.807) is 20.8 Å². The van der Waals surface area contributed by atoms with E-state index in [1.165, 1.54) is 0 Å². The second-order valence-corrected chi connectivity index (χ2v) is 3.41. The highest BCUT2D eigenvalue weighted by atomic mass is 19.4. The van der Waals surface area contributed by atoms with E-state index in [1.807, 2.05) is 0 Å². The maximum atomic E-state index is 11.9. The molecule has 0 saturated heterocycles. The monoisotopic (exact) mass is 170 g/mol. The number of hydrogen-bond acceptors (Lipinski definition) is 1. The van der Waals surface area contributed by atoms with Gasteiger partial charge in [0.05, 0.1) is 5.60 Å². The second-order valence-electron chi connectivity index (χ2n) is 3.41. The molecule has 0 bridgehead atoms. The molecule has 0 saturated carbocycles. The summed E-state index contributed by atoms with van der Waals surface area (Å²) < 4.78 is 40.2. The molecule has 0 amide bonds. The molecule has 0 aromatic carbocycles. The predicted octanol–water partition coefficient (Wildman–Crippen LogP) is 2.75. The quantitative estimate of drug-likeness (QED) is 0.588. The molecule has 11 heavy (non-hydrogen) atoms. The van der Waals surface area contributed by atoms with Gasteiger partial charge in [-0.25, -0.2) is 0 Å². The van der Waals surface area contributed by atoms with Gasteiger partial charge in [0.25, 0.3) is 0 Å². The molecule has 0 heterocycles. The van der Waals surface area contributed by atoms with Crippen LogP contribution in [-0.4, -0.2) is 17.9 Å². The van der Waals surface area contributed by atoms with Crippen molar-refractivity contribution in [3.63, 3.8) is 0 Å². The standard InChI is InChI=1S/C7H13F3O/c1-5(7(8,9)10)11-6(2,3)4/h5H,1-4H3/t5-/m0/s1. The number of rotatable bonds is 1. The third-order valence-corrected chi connectivity index (χ3v) is 0.991. The third kappa shape index (κ3) is 5.07. The van der Waals surface area contributed by atoms with Gasteiger partial charge in [0.2, 0.25) is 0 Å². The topological polar surface area (TPSA) is 9.23 Å². The molecular formula is C7H13F3O. The summed E-state index contributed by atoms with van der Waals surface area (Å²) in [5.74, 6) is 0. The normalized spacial score (nSPS) is 16.6. The highest BCUT2D eigenvalue weighted by Gasteiger charge is 2.39. The molecule has 0 radical (unpaired) electrons. The Labute approximate surface area is 64.5 Å². The number of alkyl halides is 3. The second kappa shape index (κ2) is 3.01. The number of halogens is 3. The first-order chi connectivity index (χ1) is 4.63. The summed E-state index contributed by atoms with van der Waals surface area (Å²) >= 11 is 0. The molecule has 0 aliphatic carbocycles. The van der Waals surface area contributed by atoms with Crippen molar-refractivity contribution in [3.8, 4) is 0 Å². The zero-order valence-electron chi connectivity index (χ0n) is 7.12. The van der Waals surface area contributed by atoms with Gasteiger partial charge in [0.1, 0.15) is 0 Å². The van der Waals surface area contributed by atoms with Crippen molar-refractivity contribution in [2.45, 2.75) is 45.6 Å². The van der Waals surface area contributed by atoms with E-state index in [-0.39, 0.29) is 0 Å². The van der Waals surface area contributed by atoms with Gasteiger partial charge in [0, 0.05) is 0 Å². The van der Waals surface area contributed by atoms with E-state index in [0.29, 0.717) is 0 Å². The minimum atomic E-state index is -4.26. The Morgan fingerprint density at radius 2 is 1.45 bits per heavy atom. The van der Waals surface area contributed by atoms with Crippen LogP contribution in [0.25, 0.3) is 0 Å². The third-order valence-electron chi connectivity index (χ3n) is 0.991. The molecule has 0 rings (SSSR count). The Hall–Kier alpha value is -0.250. The summed E-state index contributed by atoms with van der Waals surface area (Å²) in [4.78, 5) is 0. The molecule has 1 atom stereocenters. The van der Waals surface area contributed by atoms with Gasteiger partial charge in [-0.15, -0.1) is 0 Å². The molecule has 0 aliphatic heterocycles. The van der Waals surface area contributed by atoms with Crippen LogP contribution in [-0.2, 0) is 4.74 Å². The van der Waals surface area contributed by atoms with Gasteiger partial charge < -0.3 is 4.74 Å². The fourth-order valence-electron chi connectivity index (χ4n) is 0.597. The maximum absolute atomic E-state index is 11.9. The van der Waals surface area contributed by atoms with Crippen molar-refractivity contribution < 1.29 is 17.9 Å². The van der Waals surface area contributed by atoms with Gasteiger partial charge in [-0.05, 0) is 27.7 Å². The van der Waals surface area contributed by atoms with E-state index in [2.05, 4.69) is 4.74 Å². The van der Waals surface area contributed by atoms with Crippen molar-refractivity contribution in [1.82, 2.24) is 0 Å². The molecule has 1 nitrogen and oxygen atoms in total. The zero-order chi connectivity index (χ0) is 9.28. The molecule has 0 fully saturated rings. The molecule has 0 N–H and O–H groups in total. The lowest BCUT2D eigenvalue weighted by Crippen LogP contribution is -2.35. The Morgan fingerprint density at radius 1 is 1.09 bits per heavy atom. The summed E-state index contributed by atoms with van der Waals surface area (Å²) in [6.07, 6.45) is -5.95. The Bertz CT molecular complexity index is 123. The van der Waals surface area contributed by atoms with Crippen LogP contribution in [0, 0.1) is 0 Å². The van der Waals surface area contributed by atoms with E-state index in [9.17, 15) is 13.2 Å². The maximum Gasteiger partial charge on any atom is 0.414 e. The lowest BCUT2D eigenvalue weighted by molar-refractivity contribution is -0.238. The average Bonchev–Trinajstić information content (AvgIpc) is 1.56. The highest BCUT2D eigenvalue weighted by Crippen LogP contribution is 2.25. The van der Waals surface area contributed by atoms with Gasteiger partial charge in [0.15, 0.2) is 6.10 Å². The lowest BCUT2D eigenvalue weighted by atomic mass is 10.2. The lowest BCUT2D eigenvalue weighted by Gasteiger charge is -2.26. The highest BCUT2D eigenvalue weighted by molar-refractivity contribution is 4.67. The summed E-state index contributed by atoms with van der Waals surface area (Å²) in [5, 5.41) is 0. The van der Waals surface area contributed by atoms with Gasteiger partial charge in [-0.3, -0.25) is 0 Å². The summed E-state index contributed by atoms with van der Waals surface area (Å²) in [7, 11) is 0. The predicted molar refractivity (Wildman–Crippen MR) is 36.4 cm³/mol. The first kappa shape index (κ1) is 10.8. The van der Waals surface area contributed by atoms with E-state index in [4.69, 9.17) is 0 Å². The number of hydrogen-bond donors (Lipinski definition) is 0. The van der Waals surface area contributed by atoms with Crippen LogP contribution in [0.2, 0.25) is 0 Å². The van der Waals surface area contributed by atoms with E-state index < -0.39 is 17.9 Å². The smallest absolute Gasteiger partial charge is 0.363 e. The van der Waals surface area contributed by atoms with Crippen molar-refractivity contribution >= 4 is 0 Å². The van der Waals surface area contributed by atoms with Crippen molar-refractivity contribution in [3.05, 3.63) is 0 Å². The molecule has 4 heteroatoms. The molecule has 0 aromatic heterocycles. The summed E-state index contributed by atoms with van der Waals surface area (Å²) in [5.41, 5.74) is -0.741. The van der Waals surface area contributed by atoms with Crippen molar-refractivity contribution in [1.29, 1.82) is 0 Å². The Kier molecular flexibility index (Phi) is 2.94. The molecule has 0 aliphatic rings.